The Kier molecular flexibility index (Phi) is 2.44. The average Bonchev–Trinajstić information content (AvgIpc) is 2.95. The molecule has 0 bridgehead atoms. The predicted molar refractivity (Wildman–Crippen MR) is 59.8 cm³/mol. The maximum Gasteiger partial charge on any atom is 0.254 e. The summed E-state index contributed by atoms with van der Waals surface area (Å²) in [7, 11) is 0. The first-order chi connectivity index (χ1) is 7.69. The number of hydrogen-bond donors (Lipinski definition) is 2. The molecular weight excluding hydrogens is 204 g/mol. The summed E-state index contributed by atoms with van der Waals surface area (Å²) in [4.78, 5) is 13.9. The first kappa shape index (κ1) is 10.5. The first-order valence-electron chi connectivity index (χ1n) is 6.41. The Bertz CT molecular complexity index is 297. The van der Waals surface area contributed by atoms with Gasteiger partial charge >= 0.3 is 0 Å². The second-order valence-corrected chi connectivity index (χ2v) is 5.60. The van der Waals surface area contributed by atoms with E-state index < -0.39 is 5.60 Å². The first-order valence-corrected chi connectivity index (χ1v) is 6.41. The van der Waals surface area contributed by atoms with E-state index in [1.807, 2.05) is 4.90 Å². The molecule has 3 aliphatic rings. The van der Waals surface area contributed by atoms with Gasteiger partial charge in [0.25, 0.3) is 5.91 Å². The van der Waals surface area contributed by atoms with Crippen LogP contribution in [-0.2, 0) is 4.79 Å². The molecule has 0 aromatic heterocycles. The van der Waals surface area contributed by atoms with Crippen molar-refractivity contribution >= 4 is 5.91 Å². The van der Waals surface area contributed by atoms with E-state index in [9.17, 15) is 9.90 Å². The molecule has 4 heteroatoms. The van der Waals surface area contributed by atoms with Crippen LogP contribution in [0.4, 0.5) is 0 Å². The van der Waals surface area contributed by atoms with E-state index in [2.05, 4.69) is 5.32 Å². The lowest BCUT2D eigenvalue weighted by atomic mass is 9.82. The fraction of sp³-hybridized carbons (Fsp3) is 0.917. The van der Waals surface area contributed by atoms with Gasteiger partial charge in [-0.3, -0.25) is 4.79 Å². The van der Waals surface area contributed by atoms with Gasteiger partial charge in [0.1, 0.15) is 5.60 Å². The van der Waals surface area contributed by atoms with Crippen molar-refractivity contribution in [1.82, 2.24) is 10.2 Å². The Morgan fingerprint density at radius 1 is 1.31 bits per heavy atom. The molecule has 3 rings (SSSR count). The van der Waals surface area contributed by atoms with E-state index in [-0.39, 0.29) is 5.91 Å². The molecule has 16 heavy (non-hydrogen) atoms. The van der Waals surface area contributed by atoms with Gasteiger partial charge in [0.2, 0.25) is 0 Å². The number of amides is 1. The SMILES string of the molecule is O=C(N1CCC[C@H](C2CNC2)C1)C1(O)CC1. The zero-order chi connectivity index (χ0) is 11.2. The van der Waals surface area contributed by atoms with Crippen LogP contribution < -0.4 is 5.32 Å². The Morgan fingerprint density at radius 3 is 2.62 bits per heavy atom. The van der Waals surface area contributed by atoms with Gasteiger partial charge in [-0.15, -0.1) is 0 Å². The Hall–Kier alpha value is -0.610. The summed E-state index contributed by atoms with van der Waals surface area (Å²) in [6.07, 6.45) is 3.67. The van der Waals surface area contributed by atoms with Crippen LogP contribution >= 0.6 is 0 Å². The van der Waals surface area contributed by atoms with Gasteiger partial charge in [-0.1, -0.05) is 0 Å². The van der Waals surface area contributed by atoms with Gasteiger partial charge < -0.3 is 15.3 Å². The van der Waals surface area contributed by atoms with Crippen LogP contribution in [-0.4, -0.2) is 47.7 Å². The molecule has 0 aromatic carbocycles. The number of piperidine rings is 1. The molecule has 90 valence electrons. The molecular formula is C12H20N2O2. The van der Waals surface area contributed by atoms with Crippen LogP contribution in [0.25, 0.3) is 0 Å². The molecule has 0 aromatic rings. The highest BCUT2D eigenvalue weighted by Crippen LogP contribution is 2.38. The highest BCUT2D eigenvalue weighted by molar-refractivity contribution is 5.87. The number of carbonyl (C=O) groups excluding carboxylic acids is 1. The smallest absolute Gasteiger partial charge is 0.254 e. The van der Waals surface area contributed by atoms with Crippen molar-refractivity contribution in [3.05, 3.63) is 0 Å². The third-order valence-electron chi connectivity index (χ3n) is 4.35. The number of rotatable bonds is 2. The van der Waals surface area contributed by atoms with Crippen LogP contribution in [0.15, 0.2) is 0 Å². The molecule has 4 nitrogen and oxygen atoms in total. The number of carbonyl (C=O) groups is 1. The highest BCUT2D eigenvalue weighted by Gasteiger charge is 2.50. The van der Waals surface area contributed by atoms with E-state index >= 15 is 0 Å². The Balaban J connectivity index is 1.60. The summed E-state index contributed by atoms with van der Waals surface area (Å²) in [5.74, 6) is 1.40. The number of aliphatic hydroxyl groups is 1. The van der Waals surface area contributed by atoms with Crippen molar-refractivity contribution in [2.75, 3.05) is 26.2 Å². The number of likely N-dealkylation sites (tertiary alicyclic amines) is 1. The summed E-state index contributed by atoms with van der Waals surface area (Å²) in [6, 6.07) is 0. The Labute approximate surface area is 96.0 Å². The quantitative estimate of drug-likeness (QED) is 0.692. The normalized spacial score (nSPS) is 33.3. The van der Waals surface area contributed by atoms with E-state index in [1.54, 1.807) is 0 Å². The standard InChI is InChI=1S/C12H20N2O2/c15-11(12(16)3-4-12)14-5-1-2-9(8-14)10-6-13-7-10/h9-10,13,16H,1-8H2/t9-/m0/s1. The third-order valence-corrected chi connectivity index (χ3v) is 4.35. The van der Waals surface area contributed by atoms with E-state index in [0.29, 0.717) is 18.8 Å². The second kappa shape index (κ2) is 3.70. The van der Waals surface area contributed by atoms with Crippen LogP contribution in [0.3, 0.4) is 0 Å². The number of hydrogen-bond acceptors (Lipinski definition) is 3. The molecule has 0 spiro atoms. The molecule has 2 saturated heterocycles. The largest absolute Gasteiger partial charge is 0.380 e. The molecule has 3 fully saturated rings. The van der Waals surface area contributed by atoms with Crippen molar-refractivity contribution < 1.29 is 9.90 Å². The topological polar surface area (TPSA) is 52.6 Å². The lowest BCUT2D eigenvalue weighted by Gasteiger charge is -2.41. The lowest BCUT2D eigenvalue weighted by Crippen LogP contribution is -2.53. The fourth-order valence-electron chi connectivity index (χ4n) is 2.85. The zero-order valence-electron chi connectivity index (χ0n) is 9.61. The third kappa shape index (κ3) is 1.74. The molecule has 1 amide bonds. The van der Waals surface area contributed by atoms with Gasteiger partial charge in [0.05, 0.1) is 0 Å². The van der Waals surface area contributed by atoms with Gasteiger partial charge in [0.15, 0.2) is 0 Å². The summed E-state index contributed by atoms with van der Waals surface area (Å²) in [5, 5.41) is 13.1. The van der Waals surface area contributed by atoms with E-state index in [0.717, 1.165) is 38.5 Å². The van der Waals surface area contributed by atoms with Crippen molar-refractivity contribution in [1.29, 1.82) is 0 Å². The van der Waals surface area contributed by atoms with Crippen molar-refractivity contribution in [3.8, 4) is 0 Å². The van der Waals surface area contributed by atoms with Crippen LogP contribution in [0.1, 0.15) is 25.7 Å². The van der Waals surface area contributed by atoms with E-state index in [1.165, 1.54) is 6.42 Å². The molecule has 1 saturated carbocycles. The molecule has 2 heterocycles. The summed E-state index contributed by atoms with van der Waals surface area (Å²) in [5.41, 5.74) is -0.972. The van der Waals surface area contributed by atoms with Crippen molar-refractivity contribution in [2.45, 2.75) is 31.3 Å². The predicted octanol–water partition coefficient (Wildman–Crippen LogP) is -0.0307. The summed E-state index contributed by atoms with van der Waals surface area (Å²) < 4.78 is 0. The maximum absolute atomic E-state index is 12.0. The van der Waals surface area contributed by atoms with E-state index in [4.69, 9.17) is 0 Å². The number of nitrogens with zero attached hydrogens (tertiary/aromatic N) is 1. The fourth-order valence-corrected chi connectivity index (χ4v) is 2.85. The van der Waals surface area contributed by atoms with Crippen LogP contribution in [0.5, 0.6) is 0 Å². The van der Waals surface area contributed by atoms with Gasteiger partial charge in [-0.2, -0.15) is 0 Å². The molecule has 1 aliphatic carbocycles. The van der Waals surface area contributed by atoms with Crippen molar-refractivity contribution in [3.63, 3.8) is 0 Å². The minimum Gasteiger partial charge on any atom is -0.380 e. The second-order valence-electron chi connectivity index (χ2n) is 5.60. The zero-order valence-corrected chi connectivity index (χ0v) is 9.61. The lowest BCUT2D eigenvalue weighted by molar-refractivity contribution is -0.145. The molecule has 2 N–H and O–H groups in total. The van der Waals surface area contributed by atoms with Gasteiger partial charge in [-0.25, -0.2) is 0 Å². The molecule has 0 unspecified atom stereocenters. The number of nitrogens with one attached hydrogen (secondary N) is 1. The molecule has 1 atom stereocenters. The molecule has 2 aliphatic heterocycles. The van der Waals surface area contributed by atoms with Crippen LogP contribution in [0.2, 0.25) is 0 Å². The Morgan fingerprint density at radius 2 is 2.06 bits per heavy atom. The van der Waals surface area contributed by atoms with Gasteiger partial charge in [0, 0.05) is 13.1 Å². The minimum atomic E-state index is -0.972. The van der Waals surface area contributed by atoms with Crippen LogP contribution in [0, 0.1) is 11.8 Å². The summed E-state index contributed by atoms with van der Waals surface area (Å²) in [6.45, 7) is 3.93. The summed E-state index contributed by atoms with van der Waals surface area (Å²) >= 11 is 0. The maximum atomic E-state index is 12.0. The van der Waals surface area contributed by atoms with Crippen molar-refractivity contribution in [2.24, 2.45) is 11.8 Å². The average molecular weight is 224 g/mol. The van der Waals surface area contributed by atoms with Gasteiger partial charge in [-0.05, 0) is 50.6 Å². The molecule has 0 radical (unpaired) electrons. The minimum absolute atomic E-state index is 0.00974. The highest BCUT2D eigenvalue weighted by atomic mass is 16.3. The monoisotopic (exact) mass is 224 g/mol.